The number of thioether (sulfide) groups is 1. The van der Waals surface area contributed by atoms with E-state index in [2.05, 4.69) is 5.32 Å². The number of hydrogen-bond acceptors (Lipinski definition) is 5. The number of carbonyl (C=O) groups is 2. The first-order valence-electron chi connectivity index (χ1n) is 7.40. The molecule has 0 saturated carbocycles. The minimum absolute atomic E-state index is 0.0289. The van der Waals surface area contributed by atoms with Gasteiger partial charge in [0.15, 0.2) is 11.5 Å². The van der Waals surface area contributed by atoms with Crippen LogP contribution in [-0.2, 0) is 11.2 Å². The van der Waals surface area contributed by atoms with E-state index in [1.807, 2.05) is 12.1 Å². The molecule has 0 unspecified atom stereocenters. The average molecular weight is 357 g/mol. The highest BCUT2D eigenvalue weighted by Crippen LogP contribution is 2.38. The molecule has 0 bridgehead atoms. The van der Waals surface area contributed by atoms with Crippen molar-refractivity contribution in [2.75, 3.05) is 38.6 Å². The second-order valence-corrected chi connectivity index (χ2v) is 6.69. The Morgan fingerprint density at radius 3 is 2.96 bits per heavy atom. The molecule has 2 amide bonds. The largest absolute Gasteiger partial charge is 0.486 e. The quantitative estimate of drug-likeness (QED) is 0.873. The monoisotopic (exact) mass is 356 g/mol. The molecule has 6 nitrogen and oxygen atoms in total. The minimum atomic E-state index is -0.149. The number of benzene rings is 1. The molecule has 0 spiro atoms. The maximum atomic E-state index is 11.8. The highest BCUT2D eigenvalue weighted by atomic mass is 35.5. The van der Waals surface area contributed by atoms with Gasteiger partial charge in [0, 0.05) is 18.8 Å². The fraction of sp³-hybridized carbons (Fsp3) is 0.467. The van der Waals surface area contributed by atoms with Crippen molar-refractivity contribution in [2.45, 2.75) is 6.42 Å². The smallest absolute Gasteiger partial charge is 0.282 e. The molecule has 1 N–H and O–H groups in total. The summed E-state index contributed by atoms with van der Waals surface area (Å²) in [7, 11) is 0. The number of ether oxygens (including phenoxy) is 2. The van der Waals surface area contributed by atoms with E-state index in [0.29, 0.717) is 49.2 Å². The highest BCUT2D eigenvalue weighted by Gasteiger charge is 2.23. The van der Waals surface area contributed by atoms with Crippen LogP contribution in [0.1, 0.15) is 5.56 Å². The van der Waals surface area contributed by atoms with Gasteiger partial charge in [0.25, 0.3) is 5.24 Å². The third-order valence-electron chi connectivity index (χ3n) is 3.57. The van der Waals surface area contributed by atoms with Gasteiger partial charge in [-0.05, 0) is 24.1 Å². The van der Waals surface area contributed by atoms with Gasteiger partial charge in [-0.3, -0.25) is 9.59 Å². The molecule has 1 saturated heterocycles. The fourth-order valence-corrected chi connectivity index (χ4v) is 3.57. The van der Waals surface area contributed by atoms with Crippen LogP contribution in [0.15, 0.2) is 12.1 Å². The van der Waals surface area contributed by atoms with Crippen molar-refractivity contribution in [1.82, 2.24) is 10.2 Å². The summed E-state index contributed by atoms with van der Waals surface area (Å²) in [4.78, 5) is 24.9. The summed E-state index contributed by atoms with van der Waals surface area (Å²) in [5.74, 6) is 1.83. The van der Waals surface area contributed by atoms with E-state index in [9.17, 15) is 9.59 Å². The topological polar surface area (TPSA) is 67.9 Å². The lowest BCUT2D eigenvalue weighted by molar-refractivity contribution is -0.121. The zero-order chi connectivity index (χ0) is 16.2. The maximum Gasteiger partial charge on any atom is 0.282 e. The number of amides is 2. The molecule has 1 aromatic rings. The number of carbonyl (C=O) groups excluding carboxylic acids is 2. The molecule has 3 rings (SSSR count). The van der Waals surface area contributed by atoms with Crippen LogP contribution in [-0.4, -0.2) is 54.6 Å². The molecule has 0 aliphatic carbocycles. The standard InChI is InChI=1S/C15H17ClN2O4S/c16-11-7-10(8-12-14(11)22-5-4-21-12)1-2-17-13(19)9-18-3-6-23-15(18)20/h7-8H,1-6,9H2,(H,17,19). The van der Waals surface area contributed by atoms with Crippen molar-refractivity contribution in [1.29, 1.82) is 0 Å². The normalized spacial score (nSPS) is 16.6. The maximum absolute atomic E-state index is 11.8. The third-order valence-corrected chi connectivity index (χ3v) is 4.74. The molecule has 0 atom stereocenters. The van der Waals surface area contributed by atoms with Crippen LogP contribution in [0.5, 0.6) is 11.5 Å². The van der Waals surface area contributed by atoms with Crippen LogP contribution in [0.25, 0.3) is 0 Å². The van der Waals surface area contributed by atoms with Crippen LogP contribution in [0.4, 0.5) is 4.79 Å². The number of halogens is 1. The SMILES string of the molecule is O=C(CN1CCSC1=O)NCCc1cc(Cl)c2c(c1)OCCO2. The van der Waals surface area contributed by atoms with Gasteiger partial charge in [-0.1, -0.05) is 23.4 Å². The molecular formula is C15H17ClN2O4S. The first-order chi connectivity index (χ1) is 11.1. The Morgan fingerprint density at radius 1 is 1.35 bits per heavy atom. The average Bonchev–Trinajstić information content (AvgIpc) is 2.92. The van der Waals surface area contributed by atoms with E-state index >= 15 is 0 Å². The van der Waals surface area contributed by atoms with Gasteiger partial charge >= 0.3 is 0 Å². The number of fused-ring (bicyclic) bond motifs is 1. The van der Waals surface area contributed by atoms with Gasteiger partial charge in [0.05, 0.1) is 5.02 Å². The molecule has 23 heavy (non-hydrogen) atoms. The summed E-state index contributed by atoms with van der Waals surface area (Å²) in [6, 6.07) is 3.70. The van der Waals surface area contributed by atoms with Crippen molar-refractivity contribution in [2.24, 2.45) is 0 Å². The van der Waals surface area contributed by atoms with Crippen LogP contribution < -0.4 is 14.8 Å². The van der Waals surface area contributed by atoms with Crippen molar-refractivity contribution in [3.05, 3.63) is 22.7 Å². The van der Waals surface area contributed by atoms with Gasteiger partial charge in [-0.25, -0.2) is 0 Å². The Labute approximate surface area is 143 Å². The number of hydrogen-bond donors (Lipinski definition) is 1. The van der Waals surface area contributed by atoms with Crippen LogP contribution in [0, 0.1) is 0 Å². The molecule has 2 heterocycles. The van der Waals surface area contributed by atoms with Crippen LogP contribution in [0.2, 0.25) is 5.02 Å². The number of nitrogens with zero attached hydrogens (tertiary/aromatic N) is 1. The Hall–Kier alpha value is -1.60. The second kappa shape index (κ2) is 7.31. The molecule has 2 aliphatic heterocycles. The zero-order valence-corrected chi connectivity index (χ0v) is 14.0. The molecule has 2 aliphatic rings. The van der Waals surface area contributed by atoms with E-state index in [4.69, 9.17) is 21.1 Å². The summed E-state index contributed by atoms with van der Waals surface area (Å²) in [5, 5.41) is 3.31. The van der Waals surface area contributed by atoms with Gasteiger partial charge in [-0.2, -0.15) is 0 Å². The Balaban J connectivity index is 1.49. The minimum Gasteiger partial charge on any atom is -0.486 e. The van der Waals surface area contributed by atoms with Crippen molar-refractivity contribution >= 4 is 34.5 Å². The van der Waals surface area contributed by atoms with E-state index in [-0.39, 0.29) is 17.7 Å². The zero-order valence-electron chi connectivity index (χ0n) is 12.5. The van der Waals surface area contributed by atoms with Crippen molar-refractivity contribution in [3.63, 3.8) is 0 Å². The molecule has 8 heteroatoms. The van der Waals surface area contributed by atoms with E-state index in [1.54, 1.807) is 4.90 Å². The van der Waals surface area contributed by atoms with Crippen LogP contribution in [0.3, 0.4) is 0 Å². The number of nitrogens with one attached hydrogen (secondary N) is 1. The molecular weight excluding hydrogens is 340 g/mol. The molecule has 1 fully saturated rings. The summed E-state index contributed by atoms with van der Waals surface area (Å²) < 4.78 is 11.0. The Kier molecular flexibility index (Phi) is 5.17. The second-order valence-electron chi connectivity index (χ2n) is 5.24. The van der Waals surface area contributed by atoms with Gasteiger partial charge < -0.3 is 19.7 Å². The van der Waals surface area contributed by atoms with Crippen molar-refractivity contribution in [3.8, 4) is 11.5 Å². The predicted molar refractivity (Wildman–Crippen MR) is 88.6 cm³/mol. The third kappa shape index (κ3) is 4.03. The molecule has 0 radical (unpaired) electrons. The Morgan fingerprint density at radius 2 is 2.17 bits per heavy atom. The lowest BCUT2D eigenvalue weighted by atomic mass is 10.1. The van der Waals surface area contributed by atoms with E-state index in [0.717, 1.165) is 11.3 Å². The molecule has 124 valence electrons. The van der Waals surface area contributed by atoms with Gasteiger partial charge in [-0.15, -0.1) is 0 Å². The summed E-state index contributed by atoms with van der Waals surface area (Å²) in [6.07, 6.45) is 0.630. The van der Waals surface area contributed by atoms with Crippen molar-refractivity contribution < 1.29 is 19.1 Å². The first kappa shape index (κ1) is 16.3. The summed E-state index contributed by atoms with van der Waals surface area (Å²) in [5.41, 5.74) is 0.965. The predicted octanol–water partition coefficient (Wildman–Crippen LogP) is 1.94. The summed E-state index contributed by atoms with van der Waals surface area (Å²) >= 11 is 7.43. The molecule has 1 aromatic carbocycles. The number of rotatable bonds is 5. The lowest BCUT2D eigenvalue weighted by Crippen LogP contribution is -2.38. The first-order valence-corrected chi connectivity index (χ1v) is 8.76. The fourth-order valence-electron chi connectivity index (χ4n) is 2.45. The van der Waals surface area contributed by atoms with Crippen LogP contribution >= 0.6 is 23.4 Å². The van der Waals surface area contributed by atoms with Gasteiger partial charge in [0.1, 0.15) is 19.8 Å². The Bertz CT molecular complexity index is 626. The van der Waals surface area contributed by atoms with E-state index in [1.165, 1.54) is 11.8 Å². The van der Waals surface area contributed by atoms with Gasteiger partial charge in [0.2, 0.25) is 5.91 Å². The summed E-state index contributed by atoms with van der Waals surface area (Å²) in [6.45, 7) is 2.23. The van der Waals surface area contributed by atoms with E-state index < -0.39 is 0 Å². The lowest BCUT2D eigenvalue weighted by Gasteiger charge is -2.20. The highest BCUT2D eigenvalue weighted by molar-refractivity contribution is 8.13. The molecule has 0 aromatic heterocycles.